The van der Waals surface area contributed by atoms with Gasteiger partial charge in [-0.1, -0.05) is 80.6 Å². The van der Waals surface area contributed by atoms with Gasteiger partial charge in [-0.2, -0.15) is 0 Å². The van der Waals surface area contributed by atoms with E-state index in [1.807, 2.05) is 0 Å². The molecule has 4 bridgehead atoms. The van der Waals surface area contributed by atoms with E-state index in [0.717, 1.165) is 0 Å². The number of carbonyl (C=O) groups is 6. The van der Waals surface area contributed by atoms with Gasteiger partial charge in [-0.25, -0.2) is 14.4 Å². The number of hydrogen-bond donors (Lipinski definition) is 3. The van der Waals surface area contributed by atoms with Gasteiger partial charge < -0.3 is 53.4 Å². The van der Waals surface area contributed by atoms with Gasteiger partial charge in [0.2, 0.25) is 0 Å². The summed E-state index contributed by atoms with van der Waals surface area (Å²) in [7, 11) is 0. The van der Waals surface area contributed by atoms with E-state index in [-0.39, 0.29) is 55.3 Å². The highest BCUT2D eigenvalue weighted by Crippen LogP contribution is 2.65. The first-order valence-electron chi connectivity index (χ1n) is 21.8. The van der Waals surface area contributed by atoms with E-state index in [0.29, 0.717) is 5.56 Å². The molecule has 2 saturated carbocycles. The number of rotatable bonds is 9. The van der Waals surface area contributed by atoms with E-state index in [2.05, 4.69) is 5.32 Å². The highest BCUT2D eigenvalue weighted by Gasteiger charge is 2.79. The van der Waals surface area contributed by atoms with Crippen molar-refractivity contribution >= 4 is 35.8 Å². The van der Waals surface area contributed by atoms with E-state index in [4.69, 9.17) is 37.9 Å². The monoisotopic (exact) mass is 911 g/mol. The van der Waals surface area contributed by atoms with Crippen molar-refractivity contribution in [2.45, 2.75) is 101 Å². The summed E-state index contributed by atoms with van der Waals surface area (Å²) in [5.41, 5.74) is -6.93. The summed E-state index contributed by atoms with van der Waals surface area (Å²) in [5.74, 6) is -5.80. The van der Waals surface area contributed by atoms with Crippen molar-refractivity contribution in [3.63, 3.8) is 0 Å². The molecule has 1 amide bonds. The number of benzene rings is 3. The van der Waals surface area contributed by atoms with Crippen LogP contribution >= 0.6 is 0 Å². The molecule has 3 aliphatic carbocycles. The summed E-state index contributed by atoms with van der Waals surface area (Å²) >= 11 is 0. The molecule has 2 saturated heterocycles. The number of nitrogens with one attached hydrogen (secondary N) is 1. The normalized spacial score (nSPS) is 32.3. The van der Waals surface area contributed by atoms with Crippen molar-refractivity contribution in [3.8, 4) is 0 Å². The van der Waals surface area contributed by atoms with Gasteiger partial charge in [-0.05, 0) is 54.8 Å². The van der Waals surface area contributed by atoms with Crippen LogP contribution in [0.25, 0.3) is 0 Å². The van der Waals surface area contributed by atoms with E-state index in [1.54, 1.807) is 92.7 Å². The van der Waals surface area contributed by atoms with Crippen LogP contribution in [0.15, 0.2) is 102 Å². The van der Waals surface area contributed by atoms with Crippen molar-refractivity contribution in [2.24, 2.45) is 16.7 Å². The summed E-state index contributed by atoms with van der Waals surface area (Å²) in [6, 6.07) is 23.1. The molecule has 11 atom stereocenters. The van der Waals surface area contributed by atoms with Crippen LogP contribution in [0.2, 0.25) is 0 Å². The Bertz CT molecular complexity index is 2390. The maximum Gasteiger partial charge on any atom is 0.509 e. The Balaban J connectivity index is 1.30. The number of cyclic esters (lactones) is 1. The van der Waals surface area contributed by atoms with Gasteiger partial charge in [0.25, 0.3) is 5.91 Å². The Morgan fingerprint density at radius 3 is 2.09 bits per heavy atom. The van der Waals surface area contributed by atoms with Gasteiger partial charge in [0.15, 0.2) is 23.6 Å². The standard InChI is InChI=1S/C49H53NO16/c1-27-32(63-44(56)37(52)36(29-15-9-6-10-16-29)50-42(54)30-17-11-7-12-18-30)24-49(58)41(65-43(55)31-19-13-8-14-20-31)39-47(5)33(23-34-48(39,25-61-34)66-28(2)51)62-26-59-21-22-60-45(57)64-38(40(47)53)35(27)46(49,3)4/h6-20,32-34,36-39,41,52,58H,21-26H2,1-5H3,(H,50,54)/t32-,33-,34+,36-,37+,38+,39?,41?,47+,48-,49+/m0/s1. The molecule has 2 aliphatic heterocycles. The number of amides is 1. The van der Waals surface area contributed by atoms with Crippen LogP contribution in [0, 0.1) is 16.7 Å². The average molecular weight is 912 g/mol. The molecule has 3 N–H and O–H groups in total. The van der Waals surface area contributed by atoms with Crippen molar-refractivity contribution in [1.29, 1.82) is 0 Å². The number of ether oxygens (including phenoxy) is 8. The topological polar surface area (TPSA) is 229 Å². The SMILES string of the molecule is CC(=O)O[C@@]12CO[C@@H]1C[C@@H]1OCOCCOC(=O)O[C@H]3C(=O)[C@@]1(C)C2C(OC(=O)c1ccccc1)[C@]1(O)C[C@H](OC(=O)[C@H](O)[C@@H](NC(=O)c2ccccc2)c2ccccc2)C(C)=C3C1(C)C. The second-order valence-electron chi connectivity index (χ2n) is 18.1. The second-order valence-corrected chi connectivity index (χ2v) is 18.1. The number of fused-ring (bicyclic) bond motifs is 6. The van der Waals surface area contributed by atoms with Gasteiger partial charge in [0, 0.05) is 30.7 Å². The molecule has 17 nitrogen and oxygen atoms in total. The zero-order valence-electron chi connectivity index (χ0n) is 37.1. The fourth-order valence-corrected chi connectivity index (χ4v) is 10.7. The maximum absolute atomic E-state index is 16.0. The average Bonchev–Trinajstić information content (AvgIpc) is 3.29. The first kappa shape index (κ1) is 46.5. The first-order valence-corrected chi connectivity index (χ1v) is 21.8. The van der Waals surface area contributed by atoms with Crippen molar-refractivity contribution < 1.29 is 76.9 Å². The van der Waals surface area contributed by atoms with E-state index < -0.39 is 113 Å². The Morgan fingerprint density at radius 1 is 0.833 bits per heavy atom. The Kier molecular flexibility index (Phi) is 12.7. The second kappa shape index (κ2) is 18.0. The predicted molar refractivity (Wildman–Crippen MR) is 228 cm³/mol. The number of aliphatic hydroxyl groups is 2. The van der Waals surface area contributed by atoms with E-state index in [9.17, 15) is 34.2 Å². The third-order valence-electron chi connectivity index (χ3n) is 14.2. The highest BCUT2D eigenvalue weighted by atomic mass is 16.7. The number of hydrogen-bond acceptors (Lipinski definition) is 16. The van der Waals surface area contributed by atoms with Gasteiger partial charge in [0.05, 0.1) is 42.3 Å². The molecule has 3 aromatic rings. The van der Waals surface area contributed by atoms with Crippen LogP contribution in [0.3, 0.4) is 0 Å². The zero-order valence-corrected chi connectivity index (χ0v) is 37.1. The third-order valence-corrected chi connectivity index (χ3v) is 14.2. The van der Waals surface area contributed by atoms with Gasteiger partial charge in [-0.15, -0.1) is 0 Å². The fraction of sp³-hybridized carbons (Fsp3) is 0.469. The molecule has 17 heteroatoms. The Labute approximate surface area is 380 Å². The molecule has 0 aromatic heterocycles. The molecule has 8 rings (SSSR count). The lowest BCUT2D eigenvalue weighted by Gasteiger charge is -2.67. The van der Waals surface area contributed by atoms with E-state index in [1.165, 1.54) is 32.9 Å². The zero-order chi connectivity index (χ0) is 47.2. The summed E-state index contributed by atoms with van der Waals surface area (Å²) in [6.07, 6.45) is -11.2. The summed E-state index contributed by atoms with van der Waals surface area (Å²) in [5, 5.41) is 28.5. The number of Topliss-reactive ketones (excluding diaryl/α,β-unsaturated/α-hetero) is 1. The van der Waals surface area contributed by atoms with Crippen LogP contribution < -0.4 is 5.32 Å². The predicted octanol–water partition coefficient (Wildman–Crippen LogP) is 4.34. The summed E-state index contributed by atoms with van der Waals surface area (Å²) in [6.45, 7) is 6.33. The molecule has 4 fully saturated rings. The number of ketones is 1. The minimum Gasteiger partial charge on any atom is -0.456 e. The van der Waals surface area contributed by atoms with Gasteiger partial charge in [-0.3, -0.25) is 14.4 Å². The lowest BCUT2D eigenvalue weighted by atomic mass is 9.44. The minimum atomic E-state index is -2.40. The minimum absolute atomic E-state index is 0.0107. The smallest absolute Gasteiger partial charge is 0.456 e. The van der Waals surface area contributed by atoms with Gasteiger partial charge >= 0.3 is 24.1 Å². The van der Waals surface area contributed by atoms with Crippen LogP contribution in [0.5, 0.6) is 0 Å². The van der Waals surface area contributed by atoms with Crippen molar-refractivity contribution in [2.75, 3.05) is 26.6 Å². The van der Waals surface area contributed by atoms with E-state index >= 15 is 4.79 Å². The van der Waals surface area contributed by atoms with Crippen LogP contribution in [-0.2, 0) is 52.3 Å². The molecule has 0 spiro atoms. The highest BCUT2D eigenvalue weighted by molar-refractivity contribution is 5.96. The van der Waals surface area contributed by atoms with Crippen LogP contribution in [0.4, 0.5) is 4.79 Å². The lowest BCUT2D eigenvalue weighted by molar-refractivity contribution is -0.352. The lowest BCUT2D eigenvalue weighted by Crippen LogP contribution is -2.82. The summed E-state index contributed by atoms with van der Waals surface area (Å²) in [4.78, 5) is 85.2. The Hall–Kier alpha value is -5.98. The molecule has 3 aromatic carbocycles. The third kappa shape index (κ3) is 7.95. The van der Waals surface area contributed by atoms with Crippen LogP contribution in [-0.4, -0.2) is 120 Å². The van der Waals surface area contributed by atoms with Crippen LogP contribution in [0.1, 0.15) is 79.8 Å². The molecule has 2 heterocycles. The fourth-order valence-electron chi connectivity index (χ4n) is 10.7. The van der Waals surface area contributed by atoms with Crippen molar-refractivity contribution in [3.05, 3.63) is 119 Å². The quantitative estimate of drug-likeness (QED) is 0.154. The number of carbonyl (C=O) groups excluding carboxylic acids is 6. The molecule has 2 unspecified atom stereocenters. The molecule has 350 valence electrons. The molecule has 0 radical (unpaired) electrons. The molecule has 5 aliphatic rings. The number of esters is 3. The molecular formula is C49H53NO16. The summed E-state index contributed by atoms with van der Waals surface area (Å²) < 4.78 is 48.2. The number of aliphatic hydroxyl groups excluding tert-OH is 1. The molecular weight excluding hydrogens is 859 g/mol. The first-order chi connectivity index (χ1) is 31.4. The van der Waals surface area contributed by atoms with Gasteiger partial charge in [0.1, 0.15) is 37.3 Å². The largest absolute Gasteiger partial charge is 0.509 e. The maximum atomic E-state index is 16.0. The molecule has 66 heavy (non-hydrogen) atoms. The Morgan fingerprint density at radius 2 is 1.47 bits per heavy atom. The van der Waals surface area contributed by atoms with Crippen molar-refractivity contribution in [1.82, 2.24) is 5.32 Å².